The first kappa shape index (κ1) is 14.2. The number of aryl methyl sites for hydroxylation is 1. The van der Waals surface area contributed by atoms with E-state index in [1.807, 2.05) is 13.1 Å². The molecule has 7 heteroatoms. The number of ether oxygens (including phenoxy) is 1. The molecule has 4 nitrogen and oxygen atoms in total. The van der Waals surface area contributed by atoms with E-state index >= 15 is 0 Å². The molecule has 0 aliphatic rings. The Labute approximate surface area is 114 Å². The minimum atomic E-state index is -3.00. The predicted molar refractivity (Wildman–Crippen MR) is 68.3 cm³/mol. The van der Waals surface area contributed by atoms with E-state index in [0.29, 0.717) is 12.2 Å². The lowest BCUT2D eigenvalue weighted by Gasteiger charge is -2.12. The molecule has 0 amide bonds. The lowest BCUT2D eigenvalue weighted by molar-refractivity contribution is -0.0495. The summed E-state index contributed by atoms with van der Waals surface area (Å²) in [6.45, 7) is 0.0838. The molecule has 0 unspecified atom stereocenters. The molecule has 1 heterocycles. The molecular formula is C13H14F3N3O. The van der Waals surface area contributed by atoms with Crippen LogP contribution in [0.1, 0.15) is 12.5 Å². The van der Waals surface area contributed by atoms with Crippen LogP contribution in [-0.2, 0) is 13.1 Å². The lowest BCUT2D eigenvalue weighted by Crippen LogP contribution is -2.06. The molecule has 0 saturated heterocycles. The fourth-order valence-corrected chi connectivity index (χ4v) is 1.70. The zero-order valence-corrected chi connectivity index (χ0v) is 10.8. The van der Waals surface area contributed by atoms with Gasteiger partial charge in [-0.15, -0.1) is 0 Å². The molecule has 108 valence electrons. The summed E-state index contributed by atoms with van der Waals surface area (Å²) in [5.41, 5.74) is 1.19. The number of hydrogen-bond donors (Lipinski definition) is 1. The number of hydrogen-bond acceptors (Lipinski definition) is 3. The van der Waals surface area contributed by atoms with Crippen molar-refractivity contribution in [1.29, 1.82) is 0 Å². The highest BCUT2D eigenvalue weighted by molar-refractivity contribution is 5.56. The Kier molecular flexibility index (Phi) is 4.49. The second kappa shape index (κ2) is 6.31. The van der Waals surface area contributed by atoms with Gasteiger partial charge in [-0.25, -0.2) is 4.39 Å². The quantitative estimate of drug-likeness (QED) is 0.885. The maximum Gasteiger partial charge on any atom is 0.387 e. The van der Waals surface area contributed by atoms with Gasteiger partial charge in [0.1, 0.15) is 5.82 Å². The van der Waals surface area contributed by atoms with Crippen LogP contribution in [0.3, 0.4) is 0 Å². The topological polar surface area (TPSA) is 39.1 Å². The molecular weight excluding hydrogens is 271 g/mol. The molecule has 1 aromatic carbocycles. The zero-order chi connectivity index (χ0) is 14.5. The van der Waals surface area contributed by atoms with Gasteiger partial charge in [0.05, 0.1) is 11.9 Å². The third-order valence-corrected chi connectivity index (χ3v) is 2.65. The van der Waals surface area contributed by atoms with Gasteiger partial charge in [0.15, 0.2) is 5.75 Å². The van der Waals surface area contributed by atoms with Crippen LogP contribution < -0.4 is 10.1 Å². The number of nitrogens with zero attached hydrogens (tertiary/aromatic N) is 2. The zero-order valence-electron chi connectivity index (χ0n) is 10.8. The van der Waals surface area contributed by atoms with Crippen molar-refractivity contribution in [3.8, 4) is 5.75 Å². The van der Waals surface area contributed by atoms with Crippen molar-refractivity contribution in [2.24, 2.45) is 0 Å². The van der Waals surface area contributed by atoms with Crippen LogP contribution in [0.5, 0.6) is 5.75 Å². The molecule has 0 bridgehead atoms. The van der Waals surface area contributed by atoms with Gasteiger partial charge >= 0.3 is 6.61 Å². The van der Waals surface area contributed by atoms with Gasteiger partial charge in [-0.3, -0.25) is 4.68 Å². The fraction of sp³-hybridized carbons (Fsp3) is 0.308. The van der Waals surface area contributed by atoms with Crippen molar-refractivity contribution in [3.63, 3.8) is 0 Å². The Balaban J connectivity index is 2.08. The standard InChI is InChI=1S/C13H14F3N3O/c1-2-19-8-9(7-18-19)6-17-11-4-3-10(14)5-12(11)20-13(15)16/h3-5,7-8,13,17H,2,6H2,1H3. The summed E-state index contributed by atoms with van der Waals surface area (Å²) in [7, 11) is 0. The molecule has 2 aromatic rings. The second-order valence-electron chi connectivity index (χ2n) is 4.08. The molecule has 0 spiro atoms. The van der Waals surface area contributed by atoms with Crippen LogP contribution in [0.25, 0.3) is 0 Å². The summed E-state index contributed by atoms with van der Waals surface area (Å²) < 4.78 is 43.6. The maximum atomic E-state index is 13.0. The van der Waals surface area contributed by atoms with Crippen LogP contribution in [0.15, 0.2) is 30.6 Å². The van der Waals surface area contributed by atoms with Crippen LogP contribution in [0.4, 0.5) is 18.9 Å². The summed E-state index contributed by atoms with van der Waals surface area (Å²) in [5, 5.41) is 7.02. The third kappa shape index (κ3) is 3.66. The van der Waals surface area contributed by atoms with Gasteiger partial charge in [0.25, 0.3) is 0 Å². The van der Waals surface area contributed by atoms with Crippen LogP contribution in [0, 0.1) is 5.82 Å². The van der Waals surface area contributed by atoms with E-state index in [2.05, 4.69) is 15.2 Å². The highest BCUT2D eigenvalue weighted by atomic mass is 19.3. The first-order valence-corrected chi connectivity index (χ1v) is 6.08. The van der Waals surface area contributed by atoms with Gasteiger partial charge in [-0.05, 0) is 19.1 Å². The highest BCUT2D eigenvalue weighted by Gasteiger charge is 2.11. The second-order valence-corrected chi connectivity index (χ2v) is 4.08. The molecule has 20 heavy (non-hydrogen) atoms. The minimum Gasteiger partial charge on any atom is -0.433 e. The number of aromatic nitrogens is 2. The number of benzene rings is 1. The van der Waals surface area contributed by atoms with Gasteiger partial charge < -0.3 is 10.1 Å². The van der Waals surface area contributed by atoms with Crippen molar-refractivity contribution in [2.75, 3.05) is 5.32 Å². The van der Waals surface area contributed by atoms with Crippen LogP contribution in [0.2, 0.25) is 0 Å². The summed E-state index contributed by atoms with van der Waals surface area (Å²) in [6, 6.07) is 3.46. The normalized spacial score (nSPS) is 10.8. The minimum absolute atomic E-state index is 0.220. The smallest absolute Gasteiger partial charge is 0.387 e. The van der Waals surface area contributed by atoms with Gasteiger partial charge in [0, 0.05) is 30.9 Å². The average Bonchev–Trinajstić information content (AvgIpc) is 2.85. The van der Waals surface area contributed by atoms with Crippen molar-refractivity contribution in [2.45, 2.75) is 26.6 Å². The molecule has 0 aliphatic carbocycles. The molecule has 1 aromatic heterocycles. The van der Waals surface area contributed by atoms with E-state index in [-0.39, 0.29) is 5.75 Å². The first-order valence-electron chi connectivity index (χ1n) is 6.08. The maximum absolute atomic E-state index is 13.0. The highest BCUT2D eigenvalue weighted by Crippen LogP contribution is 2.27. The number of alkyl halides is 2. The Morgan fingerprint density at radius 2 is 2.20 bits per heavy atom. The SMILES string of the molecule is CCn1cc(CNc2ccc(F)cc2OC(F)F)cn1. The molecule has 1 N–H and O–H groups in total. The van der Waals surface area contributed by atoms with Gasteiger partial charge in [-0.2, -0.15) is 13.9 Å². The summed E-state index contributed by atoms with van der Waals surface area (Å²) >= 11 is 0. The van der Waals surface area contributed by atoms with Crippen LogP contribution in [-0.4, -0.2) is 16.4 Å². The van der Waals surface area contributed by atoms with Crippen molar-refractivity contribution in [3.05, 3.63) is 42.0 Å². The van der Waals surface area contributed by atoms with E-state index in [0.717, 1.165) is 18.2 Å². The van der Waals surface area contributed by atoms with E-state index < -0.39 is 12.4 Å². The summed E-state index contributed by atoms with van der Waals surface area (Å²) in [4.78, 5) is 0. The van der Waals surface area contributed by atoms with E-state index in [4.69, 9.17) is 0 Å². The summed E-state index contributed by atoms with van der Waals surface area (Å²) in [6.07, 6.45) is 3.51. The molecule has 2 rings (SSSR count). The van der Waals surface area contributed by atoms with Crippen molar-refractivity contribution in [1.82, 2.24) is 9.78 Å². The largest absolute Gasteiger partial charge is 0.433 e. The number of anilines is 1. The first-order chi connectivity index (χ1) is 9.58. The third-order valence-electron chi connectivity index (χ3n) is 2.65. The van der Waals surface area contributed by atoms with Gasteiger partial charge in [-0.1, -0.05) is 0 Å². The summed E-state index contributed by atoms with van der Waals surface area (Å²) in [5.74, 6) is -0.854. The van der Waals surface area contributed by atoms with E-state index in [1.165, 1.54) is 12.1 Å². The van der Waals surface area contributed by atoms with Crippen LogP contribution >= 0.6 is 0 Å². The van der Waals surface area contributed by atoms with Gasteiger partial charge in [0.2, 0.25) is 0 Å². The van der Waals surface area contributed by atoms with E-state index in [1.54, 1.807) is 10.9 Å². The number of nitrogens with one attached hydrogen (secondary N) is 1. The Hall–Kier alpha value is -2.18. The molecule has 0 radical (unpaired) electrons. The fourth-order valence-electron chi connectivity index (χ4n) is 1.70. The Bertz CT molecular complexity index is 572. The molecule has 0 saturated carbocycles. The van der Waals surface area contributed by atoms with Crippen molar-refractivity contribution >= 4 is 5.69 Å². The Morgan fingerprint density at radius 1 is 1.40 bits per heavy atom. The molecule has 0 aliphatic heterocycles. The lowest BCUT2D eigenvalue weighted by atomic mass is 10.2. The molecule has 0 atom stereocenters. The molecule has 0 fully saturated rings. The average molecular weight is 285 g/mol. The number of halogens is 3. The van der Waals surface area contributed by atoms with E-state index in [9.17, 15) is 13.2 Å². The Morgan fingerprint density at radius 3 is 2.85 bits per heavy atom. The predicted octanol–water partition coefficient (Wildman–Crippen LogP) is 3.26. The van der Waals surface area contributed by atoms with Crippen molar-refractivity contribution < 1.29 is 17.9 Å². The monoisotopic (exact) mass is 285 g/mol. The number of rotatable bonds is 6.